The van der Waals surface area contributed by atoms with E-state index in [1.54, 1.807) is 0 Å². The van der Waals surface area contributed by atoms with Gasteiger partial charge in [-0.1, -0.05) is 44.2 Å². The van der Waals surface area contributed by atoms with Gasteiger partial charge in [-0.25, -0.2) is 15.0 Å². The number of anilines is 1. The Balaban J connectivity index is 1.84. The van der Waals surface area contributed by atoms with E-state index in [4.69, 9.17) is 10.7 Å². The molecule has 0 aliphatic heterocycles. The molecule has 0 saturated carbocycles. The van der Waals surface area contributed by atoms with Gasteiger partial charge in [0.2, 0.25) is 5.95 Å². The lowest BCUT2D eigenvalue weighted by Gasteiger charge is -2.07. The van der Waals surface area contributed by atoms with E-state index in [2.05, 4.69) is 28.9 Å². The fourth-order valence-electron chi connectivity index (χ4n) is 2.96. The van der Waals surface area contributed by atoms with Gasteiger partial charge in [-0.2, -0.15) is 5.10 Å². The zero-order valence-corrected chi connectivity index (χ0v) is 14.8. The number of hydrogen-bond donors (Lipinski definition) is 1. The van der Waals surface area contributed by atoms with Crippen molar-refractivity contribution in [1.82, 2.24) is 24.7 Å². The Morgan fingerprint density at radius 2 is 1.77 bits per heavy atom. The van der Waals surface area contributed by atoms with Crippen LogP contribution in [0.3, 0.4) is 0 Å². The second-order valence-electron chi connectivity index (χ2n) is 6.71. The zero-order chi connectivity index (χ0) is 18.1. The molecule has 0 atom stereocenters. The van der Waals surface area contributed by atoms with E-state index in [0.717, 1.165) is 40.1 Å². The van der Waals surface area contributed by atoms with Crippen molar-refractivity contribution in [3.8, 4) is 22.5 Å². The van der Waals surface area contributed by atoms with Gasteiger partial charge >= 0.3 is 0 Å². The molecule has 0 radical (unpaired) electrons. The number of hydrogen-bond acceptors (Lipinski definition) is 5. The van der Waals surface area contributed by atoms with Crippen molar-refractivity contribution >= 4 is 17.0 Å². The lowest BCUT2D eigenvalue weighted by Crippen LogP contribution is -2.04. The van der Waals surface area contributed by atoms with Gasteiger partial charge in [-0.05, 0) is 18.1 Å². The van der Waals surface area contributed by atoms with Crippen molar-refractivity contribution in [1.29, 1.82) is 0 Å². The molecule has 0 bridgehead atoms. The fourth-order valence-corrected chi connectivity index (χ4v) is 2.96. The van der Waals surface area contributed by atoms with Gasteiger partial charge in [0.05, 0.1) is 17.4 Å². The van der Waals surface area contributed by atoms with Gasteiger partial charge in [-0.15, -0.1) is 0 Å². The first kappa shape index (κ1) is 16.2. The average Bonchev–Trinajstić information content (AvgIpc) is 3.09. The number of benzene rings is 1. The Labute approximate surface area is 151 Å². The van der Waals surface area contributed by atoms with Crippen LogP contribution >= 0.6 is 0 Å². The van der Waals surface area contributed by atoms with E-state index in [1.165, 1.54) is 0 Å². The van der Waals surface area contributed by atoms with Crippen LogP contribution in [0.15, 0.2) is 54.9 Å². The number of nitrogen functional groups attached to an aromatic ring is 1. The summed E-state index contributed by atoms with van der Waals surface area (Å²) in [5.41, 5.74) is 10.9. The molecule has 6 heteroatoms. The molecule has 1 aromatic carbocycles. The molecule has 6 nitrogen and oxygen atoms in total. The van der Waals surface area contributed by atoms with E-state index in [9.17, 15) is 0 Å². The average molecular weight is 344 g/mol. The maximum atomic E-state index is 5.90. The molecule has 0 spiro atoms. The maximum absolute atomic E-state index is 5.90. The molecule has 3 aromatic heterocycles. The third-order valence-corrected chi connectivity index (χ3v) is 4.09. The van der Waals surface area contributed by atoms with Crippen molar-refractivity contribution in [3.05, 3.63) is 54.9 Å². The van der Waals surface area contributed by atoms with Crippen molar-refractivity contribution in [2.24, 2.45) is 5.92 Å². The summed E-state index contributed by atoms with van der Waals surface area (Å²) in [6.45, 7) is 5.22. The van der Waals surface area contributed by atoms with Gasteiger partial charge in [0.25, 0.3) is 0 Å². The first-order valence-corrected chi connectivity index (χ1v) is 8.62. The monoisotopic (exact) mass is 344 g/mol. The molecule has 4 rings (SSSR count). The highest BCUT2D eigenvalue weighted by Crippen LogP contribution is 2.27. The Kier molecular flexibility index (Phi) is 4.08. The quantitative estimate of drug-likeness (QED) is 0.609. The molecule has 0 fully saturated rings. The summed E-state index contributed by atoms with van der Waals surface area (Å²) < 4.78 is 1.95. The van der Waals surface area contributed by atoms with E-state index in [-0.39, 0.29) is 5.95 Å². The van der Waals surface area contributed by atoms with Crippen molar-refractivity contribution in [3.63, 3.8) is 0 Å². The Morgan fingerprint density at radius 3 is 2.54 bits per heavy atom. The molecule has 0 saturated heterocycles. The first-order valence-electron chi connectivity index (χ1n) is 8.62. The van der Waals surface area contributed by atoms with Crippen LogP contribution in [0.5, 0.6) is 0 Å². The highest BCUT2D eigenvalue weighted by Gasteiger charge is 2.12. The second-order valence-corrected chi connectivity index (χ2v) is 6.71. The summed E-state index contributed by atoms with van der Waals surface area (Å²) in [5, 5.41) is 4.43. The van der Waals surface area contributed by atoms with Crippen LogP contribution in [0, 0.1) is 5.92 Å². The summed E-state index contributed by atoms with van der Waals surface area (Å²) in [4.78, 5) is 13.6. The van der Waals surface area contributed by atoms with Crippen LogP contribution in [0.4, 0.5) is 5.95 Å². The molecule has 3 heterocycles. The third kappa shape index (κ3) is 3.13. The highest BCUT2D eigenvalue weighted by atomic mass is 15.3. The maximum Gasteiger partial charge on any atom is 0.221 e. The predicted molar refractivity (Wildman–Crippen MR) is 103 cm³/mol. The smallest absolute Gasteiger partial charge is 0.221 e. The largest absolute Gasteiger partial charge is 0.368 e. The number of rotatable bonds is 4. The molecule has 0 amide bonds. The molecule has 26 heavy (non-hydrogen) atoms. The Morgan fingerprint density at radius 1 is 0.962 bits per heavy atom. The third-order valence-electron chi connectivity index (χ3n) is 4.09. The normalized spacial score (nSPS) is 11.3. The summed E-state index contributed by atoms with van der Waals surface area (Å²) >= 11 is 0. The minimum absolute atomic E-state index is 0.246. The Bertz CT molecular complexity index is 1050. The van der Waals surface area contributed by atoms with Crippen LogP contribution in [0.1, 0.15) is 13.8 Å². The summed E-state index contributed by atoms with van der Waals surface area (Å²) in [5.74, 6) is 0.782. The molecular formula is C20H20N6. The van der Waals surface area contributed by atoms with Crippen LogP contribution < -0.4 is 5.73 Å². The lowest BCUT2D eigenvalue weighted by molar-refractivity contribution is 0.483. The number of aromatic nitrogens is 5. The number of nitrogens with two attached hydrogens (primary N) is 1. The molecule has 0 aliphatic carbocycles. The van der Waals surface area contributed by atoms with Gasteiger partial charge in [0.1, 0.15) is 11.2 Å². The van der Waals surface area contributed by atoms with E-state index < -0.39 is 0 Å². The summed E-state index contributed by atoms with van der Waals surface area (Å²) in [6, 6.07) is 13.8. The number of pyridine rings is 1. The van der Waals surface area contributed by atoms with Gasteiger partial charge in [-0.3, -0.25) is 4.68 Å². The molecule has 2 N–H and O–H groups in total. The zero-order valence-electron chi connectivity index (χ0n) is 14.8. The molecular weight excluding hydrogens is 324 g/mol. The predicted octanol–water partition coefficient (Wildman–Crippen LogP) is 3.79. The van der Waals surface area contributed by atoms with Crippen molar-refractivity contribution in [2.75, 3.05) is 5.73 Å². The van der Waals surface area contributed by atoms with Gasteiger partial charge in [0.15, 0.2) is 0 Å². The minimum atomic E-state index is 0.246. The number of nitrogens with zero attached hydrogens (tertiary/aromatic N) is 5. The highest BCUT2D eigenvalue weighted by molar-refractivity contribution is 5.91. The van der Waals surface area contributed by atoms with E-state index in [1.807, 2.05) is 59.5 Å². The molecule has 0 unspecified atom stereocenters. The Hall–Kier alpha value is -3.28. The van der Waals surface area contributed by atoms with Crippen molar-refractivity contribution in [2.45, 2.75) is 20.4 Å². The SMILES string of the molecule is CC(C)Cn1cc(-c2ccc3nc(N)nc(-c4ccccc4)c3n2)cn1. The van der Waals surface area contributed by atoms with Crippen LogP contribution in [-0.2, 0) is 6.54 Å². The van der Waals surface area contributed by atoms with Crippen LogP contribution in [0.2, 0.25) is 0 Å². The second kappa shape index (κ2) is 6.55. The van der Waals surface area contributed by atoms with Gasteiger partial charge in [0, 0.05) is 23.9 Å². The van der Waals surface area contributed by atoms with Gasteiger partial charge < -0.3 is 5.73 Å². The van der Waals surface area contributed by atoms with Crippen LogP contribution in [-0.4, -0.2) is 24.7 Å². The van der Waals surface area contributed by atoms with Crippen molar-refractivity contribution < 1.29 is 0 Å². The summed E-state index contributed by atoms with van der Waals surface area (Å²) in [6.07, 6.45) is 3.87. The lowest BCUT2D eigenvalue weighted by atomic mass is 10.1. The molecule has 0 aliphatic rings. The topological polar surface area (TPSA) is 82.5 Å². The van der Waals surface area contributed by atoms with E-state index in [0.29, 0.717) is 5.92 Å². The van der Waals surface area contributed by atoms with E-state index >= 15 is 0 Å². The molecule has 4 aromatic rings. The summed E-state index contributed by atoms with van der Waals surface area (Å²) in [7, 11) is 0. The standard InChI is InChI=1S/C20H20N6/c1-13(2)11-26-12-15(10-22-26)16-8-9-17-19(23-16)18(25-20(21)24-17)14-6-4-3-5-7-14/h3-10,12-13H,11H2,1-2H3,(H2,21,24,25). The fraction of sp³-hybridized carbons (Fsp3) is 0.200. The van der Waals surface area contributed by atoms with Crippen LogP contribution in [0.25, 0.3) is 33.5 Å². The molecule has 130 valence electrons. The minimum Gasteiger partial charge on any atom is -0.368 e. The number of fused-ring (bicyclic) bond motifs is 1. The first-order chi connectivity index (χ1) is 12.6.